The van der Waals surface area contributed by atoms with Gasteiger partial charge in [0.2, 0.25) is 0 Å². The number of hydrogen-bond acceptors (Lipinski definition) is 3. The fourth-order valence-corrected chi connectivity index (χ4v) is 1.91. The Morgan fingerprint density at radius 1 is 0.941 bits per heavy atom. The third-order valence-electron chi connectivity index (χ3n) is 2.89. The third-order valence-corrected chi connectivity index (χ3v) is 2.89. The average molecular weight is 224 g/mol. The van der Waals surface area contributed by atoms with Gasteiger partial charge in [-0.1, -0.05) is 24.3 Å². The Morgan fingerprint density at radius 3 is 2.59 bits per heavy atom. The summed E-state index contributed by atoms with van der Waals surface area (Å²) in [6, 6.07) is 10.0. The minimum Gasteiger partial charge on any atom is -0.193 e. The molecule has 0 unspecified atom stereocenters. The zero-order valence-corrected chi connectivity index (χ0v) is 9.75. The molecular formula is C13H12N4. The van der Waals surface area contributed by atoms with Gasteiger partial charge in [-0.05, 0) is 31.0 Å². The van der Waals surface area contributed by atoms with E-state index in [-0.39, 0.29) is 0 Å². The predicted molar refractivity (Wildman–Crippen MR) is 65.7 cm³/mol. The minimum atomic E-state index is 0.793. The van der Waals surface area contributed by atoms with Crippen LogP contribution in [0.5, 0.6) is 0 Å². The van der Waals surface area contributed by atoms with Gasteiger partial charge in [0.15, 0.2) is 11.5 Å². The van der Waals surface area contributed by atoms with Gasteiger partial charge in [0.25, 0.3) is 0 Å². The average Bonchev–Trinajstić information content (AvgIpc) is 2.75. The van der Waals surface area contributed by atoms with E-state index >= 15 is 0 Å². The lowest BCUT2D eigenvalue weighted by Gasteiger charge is -2.02. The van der Waals surface area contributed by atoms with E-state index in [1.807, 2.05) is 31.2 Å². The molecule has 1 aromatic carbocycles. The van der Waals surface area contributed by atoms with Crippen LogP contribution in [-0.2, 0) is 0 Å². The molecule has 4 nitrogen and oxygen atoms in total. The summed E-state index contributed by atoms with van der Waals surface area (Å²) in [5.74, 6) is 0.793. The summed E-state index contributed by atoms with van der Waals surface area (Å²) < 4.78 is 1.79. The van der Waals surface area contributed by atoms with E-state index in [1.54, 1.807) is 10.7 Å². The molecule has 84 valence electrons. The standard InChI is InChI=1S/C13H12N4/c1-9-5-3-4-6-11(9)13-16-15-12-10(2)7-8-14-17(12)13/h3-8H,1-2H3. The van der Waals surface area contributed by atoms with Crippen LogP contribution in [0.4, 0.5) is 0 Å². The first-order valence-electron chi connectivity index (χ1n) is 5.50. The second-order valence-electron chi connectivity index (χ2n) is 4.09. The zero-order chi connectivity index (χ0) is 11.8. The number of nitrogens with zero attached hydrogens (tertiary/aromatic N) is 4. The SMILES string of the molecule is Cc1ccccc1-c1nnc2c(C)ccnn12. The Labute approximate surface area is 98.9 Å². The van der Waals surface area contributed by atoms with Gasteiger partial charge in [0, 0.05) is 11.8 Å². The van der Waals surface area contributed by atoms with Crippen molar-refractivity contribution in [2.75, 3.05) is 0 Å². The van der Waals surface area contributed by atoms with Crippen LogP contribution >= 0.6 is 0 Å². The lowest BCUT2D eigenvalue weighted by Crippen LogP contribution is -1.96. The van der Waals surface area contributed by atoms with Gasteiger partial charge in [-0.2, -0.15) is 9.61 Å². The molecule has 0 saturated carbocycles. The van der Waals surface area contributed by atoms with Gasteiger partial charge in [0.1, 0.15) is 0 Å². The largest absolute Gasteiger partial charge is 0.193 e. The summed E-state index contributed by atoms with van der Waals surface area (Å²) in [4.78, 5) is 0. The number of rotatable bonds is 1. The Balaban J connectivity index is 2.33. The molecule has 0 spiro atoms. The van der Waals surface area contributed by atoms with E-state index in [0.29, 0.717) is 0 Å². The zero-order valence-electron chi connectivity index (χ0n) is 9.75. The molecule has 0 aliphatic carbocycles. The normalized spacial score (nSPS) is 10.9. The second kappa shape index (κ2) is 3.66. The van der Waals surface area contributed by atoms with Gasteiger partial charge < -0.3 is 0 Å². The summed E-state index contributed by atoms with van der Waals surface area (Å²) in [6.07, 6.45) is 1.77. The highest BCUT2D eigenvalue weighted by atomic mass is 15.4. The lowest BCUT2D eigenvalue weighted by molar-refractivity contribution is 0.927. The first kappa shape index (κ1) is 9.96. The minimum absolute atomic E-state index is 0.793. The summed E-state index contributed by atoms with van der Waals surface area (Å²) >= 11 is 0. The van der Waals surface area contributed by atoms with E-state index in [2.05, 4.69) is 28.3 Å². The Bertz CT molecular complexity index is 685. The fourth-order valence-electron chi connectivity index (χ4n) is 1.91. The first-order chi connectivity index (χ1) is 8.27. The molecule has 0 fully saturated rings. The van der Waals surface area contributed by atoms with Crippen molar-refractivity contribution in [3.8, 4) is 11.4 Å². The van der Waals surface area contributed by atoms with E-state index in [1.165, 1.54) is 5.56 Å². The molecule has 0 saturated heterocycles. The molecule has 0 bridgehead atoms. The van der Waals surface area contributed by atoms with Crippen LogP contribution in [0.1, 0.15) is 11.1 Å². The molecule has 17 heavy (non-hydrogen) atoms. The van der Waals surface area contributed by atoms with Crippen LogP contribution in [-0.4, -0.2) is 19.8 Å². The Hall–Kier alpha value is -2.23. The predicted octanol–water partition coefficient (Wildman–Crippen LogP) is 2.41. The highest BCUT2D eigenvalue weighted by Crippen LogP contribution is 2.21. The maximum absolute atomic E-state index is 4.31. The van der Waals surface area contributed by atoms with Crippen LogP contribution in [0.15, 0.2) is 36.5 Å². The quantitative estimate of drug-likeness (QED) is 0.637. The summed E-state index contributed by atoms with van der Waals surface area (Å²) in [5, 5.41) is 12.7. The second-order valence-corrected chi connectivity index (χ2v) is 4.09. The number of hydrogen-bond donors (Lipinski definition) is 0. The Kier molecular flexibility index (Phi) is 2.14. The van der Waals surface area contributed by atoms with Gasteiger partial charge in [-0.3, -0.25) is 0 Å². The summed E-state index contributed by atoms with van der Waals surface area (Å²) in [5.41, 5.74) is 4.13. The van der Waals surface area contributed by atoms with Crippen LogP contribution in [0.2, 0.25) is 0 Å². The fraction of sp³-hybridized carbons (Fsp3) is 0.154. The van der Waals surface area contributed by atoms with Crippen molar-refractivity contribution in [2.45, 2.75) is 13.8 Å². The topological polar surface area (TPSA) is 43.1 Å². The number of fused-ring (bicyclic) bond motifs is 1. The highest BCUT2D eigenvalue weighted by molar-refractivity contribution is 5.63. The van der Waals surface area contributed by atoms with E-state index < -0.39 is 0 Å². The molecule has 3 rings (SSSR count). The van der Waals surface area contributed by atoms with Crippen LogP contribution in [0.3, 0.4) is 0 Å². The molecule has 0 amide bonds. The smallest absolute Gasteiger partial charge is 0.185 e. The van der Waals surface area contributed by atoms with Crippen LogP contribution in [0.25, 0.3) is 17.0 Å². The third kappa shape index (κ3) is 1.49. The van der Waals surface area contributed by atoms with Gasteiger partial charge >= 0.3 is 0 Å². The van der Waals surface area contributed by atoms with Crippen molar-refractivity contribution in [1.29, 1.82) is 0 Å². The highest BCUT2D eigenvalue weighted by Gasteiger charge is 2.11. The van der Waals surface area contributed by atoms with Crippen LogP contribution < -0.4 is 0 Å². The molecule has 0 atom stereocenters. The van der Waals surface area contributed by atoms with Crippen molar-refractivity contribution >= 4 is 5.65 Å². The molecule has 2 heterocycles. The van der Waals surface area contributed by atoms with Crippen molar-refractivity contribution in [3.63, 3.8) is 0 Å². The molecule has 0 radical (unpaired) electrons. The molecule has 2 aromatic heterocycles. The molecule has 0 aliphatic rings. The first-order valence-corrected chi connectivity index (χ1v) is 5.50. The van der Waals surface area contributed by atoms with Crippen LogP contribution in [0, 0.1) is 13.8 Å². The summed E-state index contributed by atoms with van der Waals surface area (Å²) in [6.45, 7) is 4.07. The lowest BCUT2D eigenvalue weighted by atomic mass is 10.1. The molecule has 3 aromatic rings. The molecule has 0 N–H and O–H groups in total. The number of aryl methyl sites for hydroxylation is 2. The number of aromatic nitrogens is 4. The van der Waals surface area contributed by atoms with Crippen molar-refractivity contribution < 1.29 is 0 Å². The monoisotopic (exact) mass is 224 g/mol. The maximum Gasteiger partial charge on any atom is 0.185 e. The van der Waals surface area contributed by atoms with Crippen molar-refractivity contribution in [1.82, 2.24) is 19.8 Å². The molecule has 0 aliphatic heterocycles. The van der Waals surface area contributed by atoms with Crippen molar-refractivity contribution in [3.05, 3.63) is 47.7 Å². The van der Waals surface area contributed by atoms with Gasteiger partial charge in [-0.25, -0.2) is 0 Å². The number of benzene rings is 1. The molecule has 4 heteroatoms. The Morgan fingerprint density at radius 2 is 1.76 bits per heavy atom. The van der Waals surface area contributed by atoms with Gasteiger partial charge in [-0.15, -0.1) is 10.2 Å². The van der Waals surface area contributed by atoms with E-state index in [9.17, 15) is 0 Å². The van der Waals surface area contributed by atoms with E-state index in [4.69, 9.17) is 0 Å². The molecular weight excluding hydrogens is 212 g/mol. The van der Waals surface area contributed by atoms with Crippen molar-refractivity contribution in [2.24, 2.45) is 0 Å². The van der Waals surface area contributed by atoms with Gasteiger partial charge in [0.05, 0.1) is 0 Å². The van der Waals surface area contributed by atoms with E-state index in [0.717, 1.165) is 22.6 Å². The maximum atomic E-state index is 4.31. The summed E-state index contributed by atoms with van der Waals surface area (Å²) in [7, 11) is 0.